The Morgan fingerprint density at radius 1 is 1.28 bits per heavy atom. The highest BCUT2D eigenvalue weighted by molar-refractivity contribution is 5.81. The molecule has 0 aromatic heterocycles. The molecular weight excluding hydrogens is 245 g/mol. The molecule has 0 saturated heterocycles. The number of nitrogens with zero attached hydrogens (tertiary/aromatic N) is 1. The van der Waals surface area contributed by atoms with Gasteiger partial charge in [0, 0.05) is 12.6 Å². The highest BCUT2D eigenvalue weighted by Crippen LogP contribution is 2.21. The van der Waals surface area contributed by atoms with Crippen LogP contribution in [0, 0.1) is 0 Å². The van der Waals surface area contributed by atoms with Crippen molar-refractivity contribution >= 4 is 5.91 Å². The lowest BCUT2D eigenvalue weighted by atomic mass is 9.94. The number of carbonyl (C=O) groups excluding carboxylic acids is 1. The van der Waals surface area contributed by atoms with Crippen molar-refractivity contribution in [3.05, 3.63) is 0 Å². The van der Waals surface area contributed by atoms with Crippen LogP contribution in [-0.4, -0.2) is 43.2 Å². The van der Waals surface area contributed by atoms with E-state index < -0.39 is 12.1 Å². The van der Waals surface area contributed by atoms with Gasteiger partial charge in [-0.3, -0.25) is 4.79 Å². The zero-order valence-electron chi connectivity index (χ0n) is 10.7. The average molecular weight is 266 g/mol. The molecule has 1 fully saturated rings. The van der Waals surface area contributed by atoms with Gasteiger partial charge < -0.3 is 10.2 Å². The summed E-state index contributed by atoms with van der Waals surface area (Å²) < 4.78 is 35.7. The Kier molecular flexibility index (Phi) is 5.91. The molecule has 0 aliphatic heterocycles. The molecular formula is C12H21F3N2O. The van der Waals surface area contributed by atoms with Crippen molar-refractivity contribution < 1.29 is 18.0 Å². The molecule has 0 spiro atoms. The maximum atomic E-state index is 11.9. The molecule has 1 N–H and O–H groups in total. The van der Waals surface area contributed by atoms with Crippen LogP contribution in [0.5, 0.6) is 0 Å². The standard InChI is InChI=1S/C12H21F3N2O/c1-17(10-6-3-2-4-7-10)9-5-8-16-11(18)12(13,14)15/h10H,2-9H2,1H3,(H,16,18). The number of carbonyl (C=O) groups is 1. The van der Waals surface area contributed by atoms with Gasteiger partial charge in [-0.05, 0) is 32.9 Å². The first-order valence-corrected chi connectivity index (χ1v) is 6.46. The topological polar surface area (TPSA) is 32.3 Å². The number of hydrogen-bond donors (Lipinski definition) is 1. The minimum atomic E-state index is -4.77. The summed E-state index contributed by atoms with van der Waals surface area (Å²) in [7, 11) is 2.00. The molecule has 1 saturated carbocycles. The van der Waals surface area contributed by atoms with Crippen LogP contribution in [0.15, 0.2) is 0 Å². The number of hydrogen-bond acceptors (Lipinski definition) is 2. The van der Waals surface area contributed by atoms with Gasteiger partial charge in [0.25, 0.3) is 0 Å². The summed E-state index contributed by atoms with van der Waals surface area (Å²) in [5.74, 6) is -1.84. The molecule has 6 heteroatoms. The van der Waals surface area contributed by atoms with Crippen LogP contribution in [0.2, 0.25) is 0 Å². The molecule has 1 amide bonds. The second-order valence-corrected chi connectivity index (χ2v) is 4.88. The third-order valence-corrected chi connectivity index (χ3v) is 3.43. The van der Waals surface area contributed by atoms with E-state index in [1.165, 1.54) is 32.1 Å². The molecule has 0 heterocycles. The van der Waals surface area contributed by atoms with E-state index in [1.54, 1.807) is 0 Å². The maximum Gasteiger partial charge on any atom is 0.471 e. The Labute approximate surface area is 106 Å². The van der Waals surface area contributed by atoms with Gasteiger partial charge in [0.1, 0.15) is 0 Å². The second-order valence-electron chi connectivity index (χ2n) is 4.88. The zero-order chi connectivity index (χ0) is 13.6. The predicted octanol–water partition coefficient (Wildman–Crippen LogP) is 2.32. The lowest BCUT2D eigenvalue weighted by Crippen LogP contribution is -2.39. The number of rotatable bonds is 5. The van der Waals surface area contributed by atoms with E-state index in [9.17, 15) is 18.0 Å². The number of amides is 1. The van der Waals surface area contributed by atoms with Crippen molar-refractivity contribution in [3.8, 4) is 0 Å². The lowest BCUT2D eigenvalue weighted by molar-refractivity contribution is -0.173. The summed E-state index contributed by atoms with van der Waals surface area (Å²) in [5.41, 5.74) is 0. The first-order valence-electron chi connectivity index (χ1n) is 6.46. The van der Waals surface area contributed by atoms with Gasteiger partial charge in [-0.2, -0.15) is 13.2 Å². The van der Waals surface area contributed by atoms with Crippen molar-refractivity contribution in [2.45, 2.75) is 50.7 Å². The van der Waals surface area contributed by atoms with Crippen molar-refractivity contribution in [2.75, 3.05) is 20.1 Å². The summed E-state index contributed by atoms with van der Waals surface area (Å²) in [6.45, 7) is 0.804. The van der Waals surface area contributed by atoms with Crippen LogP contribution < -0.4 is 5.32 Å². The SMILES string of the molecule is CN(CCCNC(=O)C(F)(F)F)C1CCCCC1. The molecule has 3 nitrogen and oxygen atoms in total. The van der Waals surface area contributed by atoms with Crippen LogP contribution in [0.4, 0.5) is 13.2 Å². The number of alkyl halides is 3. The fraction of sp³-hybridized carbons (Fsp3) is 0.917. The van der Waals surface area contributed by atoms with Crippen LogP contribution in [-0.2, 0) is 4.79 Å². The second kappa shape index (κ2) is 6.97. The third-order valence-electron chi connectivity index (χ3n) is 3.43. The number of halogens is 3. The first kappa shape index (κ1) is 15.3. The van der Waals surface area contributed by atoms with Crippen LogP contribution in [0.25, 0.3) is 0 Å². The van der Waals surface area contributed by atoms with Gasteiger partial charge in [0.15, 0.2) is 0 Å². The van der Waals surface area contributed by atoms with Crippen molar-refractivity contribution in [1.82, 2.24) is 10.2 Å². The van der Waals surface area contributed by atoms with Gasteiger partial charge in [-0.25, -0.2) is 0 Å². The van der Waals surface area contributed by atoms with Gasteiger partial charge >= 0.3 is 12.1 Å². The Bertz CT molecular complexity index is 263. The largest absolute Gasteiger partial charge is 0.471 e. The lowest BCUT2D eigenvalue weighted by Gasteiger charge is -2.31. The van der Waals surface area contributed by atoms with E-state index in [0.29, 0.717) is 12.5 Å². The summed E-state index contributed by atoms with van der Waals surface area (Å²) in [4.78, 5) is 12.8. The zero-order valence-corrected chi connectivity index (χ0v) is 10.7. The van der Waals surface area contributed by atoms with Crippen LogP contribution in [0.3, 0.4) is 0 Å². The van der Waals surface area contributed by atoms with E-state index >= 15 is 0 Å². The molecule has 18 heavy (non-hydrogen) atoms. The molecule has 1 aliphatic rings. The summed E-state index contributed by atoms with van der Waals surface area (Å²) in [5, 5.41) is 1.89. The quantitative estimate of drug-likeness (QED) is 0.775. The molecule has 0 aromatic carbocycles. The fourth-order valence-corrected chi connectivity index (χ4v) is 2.33. The Balaban J connectivity index is 2.12. The fourth-order valence-electron chi connectivity index (χ4n) is 2.33. The van der Waals surface area contributed by atoms with Crippen LogP contribution >= 0.6 is 0 Å². The van der Waals surface area contributed by atoms with Crippen LogP contribution in [0.1, 0.15) is 38.5 Å². The van der Waals surface area contributed by atoms with E-state index in [0.717, 1.165) is 6.54 Å². The van der Waals surface area contributed by atoms with Gasteiger partial charge in [0.05, 0.1) is 0 Å². The normalized spacial score (nSPS) is 18.1. The minimum Gasteiger partial charge on any atom is -0.348 e. The molecule has 1 rings (SSSR count). The molecule has 106 valence electrons. The molecule has 0 atom stereocenters. The van der Waals surface area contributed by atoms with Gasteiger partial charge in [-0.1, -0.05) is 19.3 Å². The smallest absolute Gasteiger partial charge is 0.348 e. The summed E-state index contributed by atoms with van der Waals surface area (Å²) >= 11 is 0. The van der Waals surface area contributed by atoms with E-state index in [2.05, 4.69) is 4.90 Å². The molecule has 0 aromatic rings. The Morgan fingerprint density at radius 2 is 1.89 bits per heavy atom. The Hall–Kier alpha value is -0.780. The average Bonchev–Trinajstić information content (AvgIpc) is 2.34. The monoisotopic (exact) mass is 266 g/mol. The van der Waals surface area contributed by atoms with Gasteiger partial charge in [0.2, 0.25) is 0 Å². The minimum absolute atomic E-state index is 0.0788. The van der Waals surface area contributed by atoms with Crippen molar-refractivity contribution in [1.29, 1.82) is 0 Å². The van der Waals surface area contributed by atoms with E-state index in [4.69, 9.17) is 0 Å². The predicted molar refractivity (Wildman–Crippen MR) is 63.2 cm³/mol. The summed E-state index contributed by atoms with van der Waals surface area (Å²) in [6, 6.07) is 0.553. The first-order chi connectivity index (χ1) is 8.41. The van der Waals surface area contributed by atoms with E-state index in [-0.39, 0.29) is 6.54 Å². The highest BCUT2D eigenvalue weighted by atomic mass is 19.4. The van der Waals surface area contributed by atoms with E-state index in [1.807, 2.05) is 12.4 Å². The molecule has 0 unspecified atom stereocenters. The molecule has 0 bridgehead atoms. The third kappa shape index (κ3) is 5.25. The highest BCUT2D eigenvalue weighted by Gasteiger charge is 2.38. The Morgan fingerprint density at radius 3 is 2.44 bits per heavy atom. The summed E-state index contributed by atoms with van der Waals surface area (Å²) in [6.07, 6.45) is 1.88. The van der Waals surface area contributed by atoms with Crippen molar-refractivity contribution in [3.63, 3.8) is 0 Å². The maximum absolute atomic E-state index is 11.9. The number of nitrogens with one attached hydrogen (secondary N) is 1. The van der Waals surface area contributed by atoms with Gasteiger partial charge in [-0.15, -0.1) is 0 Å². The van der Waals surface area contributed by atoms with Crippen molar-refractivity contribution in [2.24, 2.45) is 0 Å². The molecule has 0 radical (unpaired) electrons. The molecule has 1 aliphatic carbocycles.